The molecule has 3 heteroatoms. The van der Waals surface area contributed by atoms with E-state index in [9.17, 15) is 4.79 Å². The summed E-state index contributed by atoms with van der Waals surface area (Å²) in [6.07, 6.45) is 2.18. The molecule has 0 aliphatic rings. The van der Waals surface area contributed by atoms with Gasteiger partial charge in [0.1, 0.15) is 0 Å². The summed E-state index contributed by atoms with van der Waals surface area (Å²) in [4.78, 5) is 14.2. The highest BCUT2D eigenvalue weighted by molar-refractivity contribution is 9.10. The number of benzene rings is 1. The zero-order valence-corrected chi connectivity index (χ0v) is 12.4. The SMILES string of the molecule is CCCCN(CC)C(=O)c1ccc(Br)c(C)c1. The van der Waals surface area contributed by atoms with Crippen LogP contribution in [-0.2, 0) is 0 Å². The fourth-order valence-corrected chi connectivity index (χ4v) is 1.96. The van der Waals surface area contributed by atoms with Crippen LogP contribution in [0.2, 0.25) is 0 Å². The lowest BCUT2D eigenvalue weighted by Gasteiger charge is -2.21. The summed E-state index contributed by atoms with van der Waals surface area (Å²) < 4.78 is 1.05. The van der Waals surface area contributed by atoms with Gasteiger partial charge in [-0.25, -0.2) is 0 Å². The molecule has 0 bridgehead atoms. The zero-order valence-electron chi connectivity index (χ0n) is 10.8. The number of nitrogens with zero attached hydrogens (tertiary/aromatic N) is 1. The largest absolute Gasteiger partial charge is 0.339 e. The van der Waals surface area contributed by atoms with E-state index < -0.39 is 0 Å². The molecule has 1 aromatic rings. The van der Waals surface area contributed by atoms with Crippen LogP contribution in [0.1, 0.15) is 42.6 Å². The van der Waals surface area contributed by atoms with E-state index in [1.807, 2.05) is 36.9 Å². The van der Waals surface area contributed by atoms with Gasteiger partial charge in [-0.1, -0.05) is 29.3 Å². The van der Waals surface area contributed by atoms with Crippen molar-refractivity contribution in [2.75, 3.05) is 13.1 Å². The molecule has 0 unspecified atom stereocenters. The maximum absolute atomic E-state index is 12.3. The van der Waals surface area contributed by atoms with Gasteiger partial charge in [-0.3, -0.25) is 4.79 Å². The molecule has 0 N–H and O–H groups in total. The van der Waals surface area contributed by atoms with Crippen molar-refractivity contribution in [3.63, 3.8) is 0 Å². The van der Waals surface area contributed by atoms with Crippen molar-refractivity contribution in [3.05, 3.63) is 33.8 Å². The smallest absolute Gasteiger partial charge is 0.253 e. The minimum absolute atomic E-state index is 0.136. The van der Waals surface area contributed by atoms with Crippen LogP contribution in [0.3, 0.4) is 0 Å². The van der Waals surface area contributed by atoms with Crippen molar-refractivity contribution >= 4 is 21.8 Å². The average Bonchev–Trinajstić information content (AvgIpc) is 2.33. The van der Waals surface area contributed by atoms with E-state index in [1.165, 1.54) is 0 Å². The molecule has 0 aliphatic carbocycles. The molecule has 0 spiro atoms. The minimum atomic E-state index is 0.136. The summed E-state index contributed by atoms with van der Waals surface area (Å²) in [7, 11) is 0. The van der Waals surface area contributed by atoms with Gasteiger partial charge in [0.15, 0.2) is 0 Å². The van der Waals surface area contributed by atoms with Crippen molar-refractivity contribution in [1.29, 1.82) is 0 Å². The van der Waals surface area contributed by atoms with Crippen molar-refractivity contribution in [2.45, 2.75) is 33.6 Å². The first-order valence-electron chi connectivity index (χ1n) is 6.15. The van der Waals surface area contributed by atoms with Gasteiger partial charge in [0.2, 0.25) is 0 Å². The van der Waals surface area contributed by atoms with Gasteiger partial charge in [0.25, 0.3) is 5.91 Å². The Balaban J connectivity index is 2.82. The van der Waals surface area contributed by atoms with Crippen LogP contribution >= 0.6 is 15.9 Å². The molecule has 0 aliphatic heterocycles. The first-order valence-corrected chi connectivity index (χ1v) is 6.94. The molecule has 94 valence electrons. The van der Waals surface area contributed by atoms with Gasteiger partial charge >= 0.3 is 0 Å². The topological polar surface area (TPSA) is 20.3 Å². The number of unbranched alkanes of at least 4 members (excludes halogenated alkanes) is 1. The van der Waals surface area contributed by atoms with E-state index in [0.717, 1.165) is 41.5 Å². The highest BCUT2D eigenvalue weighted by atomic mass is 79.9. The number of aryl methyl sites for hydroxylation is 1. The second kappa shape index (κ2) is 6.80. The molecule has 2 nitrogen and oxygen atoms in total. The summed E-state index contributed by atoms with van der Waals surface area (Å²) in [6.45, 7) is 7.79. The van der Waals surface area contributed by atoms with Gasteiger partial charge in [0, 0.05) is 23.1 Å². The third-order valence-electron chi connectivity index (χ3n) is 2.86. The molecule has 0 saturated carbocycles. The molecule has 0 saturated heterocycles. The Kier molecular flexibility index (Phi) is 5.69. The fraction of sp³-hybridized carbons (Fsp3) is 0.500. The quantitative estimate of drug-likeness (QED) is 0.804. The summed E-state index contributed by atoms with van der Waals surface area (Å²) in [5.74, 6) is 0.136. The Morgan fingerprint density at radius 3 is 2.59 bits per heavy atom. The highest BCUT2D eigenvalue weighted by Crippen LogP contribution is 2.18. The zero-order chi connectivity index (χ0) is 12.8. The second-order valence-electron chi connectivity index (χ2n) is 4.20. The van der Waals surface area contributed by atoms with Crippen molar-refractivity contribution in [3.8, 4) is 0 Å². The van der Waals surface area contributed by atoms with E-state index in [2.05, 4.69) is 22.9 Å². The molecule has 0 aromatic heterocycles. The molecular weight excluding hydrogens is 278 g/mol. The van der Waals surface area contributed by atoms with Crippen LogP contribution in [0.5, 0.6) is 0 Å². The molecule has 17 heavy (non-hydrogen) atoms. The summed E-state index contributed by atoms with van der Waals surface area (Å²) in [5, 5.41) is 0. The number of carbonyl (C=O) groups excluding carboxylic acids is 1. The molecule has 1 aromatic carbocycles. The third kappa shape index (κ3) is 3.84. The van der Waals surface area contributed by atoms with Crippen LogP contribution in [-0.4, -0.2) is 23.9 Å². The number of hydrogen-bond acceptors (Lipinski definition) is 1. The van der Waals surface area contributed by atoms with Gasteiger partial charge in [-0.05, 0) is 44.0 Å². The molecule has 0 heterocycles. The van der Waals surface area contributed by atoms with Crippen molar-refractivity contribution in [1.82, 2.24) is 4.90 Å². The minimum Gasteiger partial charge on any atom is -0.339 e. The Labute approximate surface area is 112 Å². The van der Waals surface area contributed by atoms with E-state index in [1.54, 1.807) is 0 Å². The standard InChI is InChI=1S/C14H20BrNO/c1-4-6-9-16(5-2)14(17)12-7-8-13(15)11(3)10-12/h7-8,10H,4-6,9H2,1-3H3. The number of amides is 1. The van der Waals surface area contributed by atoms with Gasteiger partial charge in [0.05, 0.1) is 0 Å². The number of carbonyl (C=O) groups is 1. The molecule has 1 rings (SSSR count). The van der Waals surface area contributed by atoms with Crippen LogP contribution in [0.4, 0.5) is 0 Å². The van der Waals surface area contributed by atoms with Gasteiger partial charge in [-0.2, -0.15) is 0 Å². The lowest BCUT2D eigenvalue weighted by Crippen LogP contribution is -2.31. The first-order chi connectivity index (χ1) is 8.10. The third-order valence-corrected chi connectivity index (χ3v) is 3.75. The van der Waals surface area contributed by atoms with Gasteiger partial charge in [-0.15, -0.1) is 0 Å². The molecular formula is C14H20BrNO. The van der Waals surface area contributed by atoms with Crippen molar-refractivity contribution < 1.29 is 4.79 Å². The maximum atomic E-state index is 12.3. The Morgan fingerprint density at radius 1 is 1.35 bits per heavy atom. The Hall–Kier alpha value is -0.830. The Bertz CT molecular complexity index is 390. The molecule has 0 atom stereocenters. The predicted molar refractivity (Wildman–Crippen MR) is 75.4 cm³/mol. The second-order valence-corrected chi connectivity index (χ2v) is 5.06. The van der Waals surface area contributed by atoms with E-state index in [0.29, 0.717) is 0 Å². The van der Waals surface area contributed by atoms with Crippen molar-refractivity contribution in [2.24, 2.45) is 0 Å². The molecule has 1 amide bonds. The average molecular weight is 298 g/mol. The predicted octanol–water partition coefficient (Wildman–Crippen LogP) is 4.02. The van der Waals surface area contributed by atoms with Crippen LogP contribution < -0.4 is 0 Å². The van der Waals surface area contributed by atoms with E-state index in [4.69, 9.17) is 0 Å². The van der Waals surface area contributed by atoms with Crippen LogP contribution in [0.25, 0.3) is 0 Å². The lowest BCUT2D eigenvalue weighted by molar-refractivity contribution is 0.0762. The molecule has 0 fully saturated rings. The molecule has 0 radical (unpaired) electrons. The Morgan fingerprint density at radius 2 is 2.06 bits per heavy atom. The summed E-state index contributed by atoms with van der Waals surface area (Å²) in [6, 6.07) is 5.77. The van der Waals surface area contributed by atoms with E-state index in [-0.39, 0.29) is 5.91 Å². The fourth-order valence-electron chi connectivity index (χ4n) is 1.71. The van der Waals surface area contributed by atoms with E-state index >= 15 is 0 Å². The first kappa shape index (κ1) is 14.2. The summed E-state index contributed by atoms with van der Waals surface area (Å²) >= 11 is 3.45. The normalized spacial score (nSPS) is 10.4. The highest BCUT2D eigenvalue weighted by Gasteiger charge is 2.13. The summed E-state index contributed by atoms with van der Waals surface area (Å²) in [5.41, 5.74) is 1.88. The van der Waals surface area contributed by atoms with Gasteiger partial charge < -0.3 is 4.90 Å². The maximum Gasteiger partial charge on any atom is 0.253 e. The number of halogens is 1. The number of rotatable bonds is 5. The van der Waals surface area contributed by atoms with Crippen LogP contribution in [0, 0.1) is 6.92 Å². The van der Waals surface area contributed by atoms with Crippen LogP contribution in [0.15, 0.2) is 22.7 Å². The lowest BCUT2D eigenvalue weighted by atomic mass is 10.1. The number of hydrogen-bond donors (Lipinski definition) is 0. The monoisotopic (exact) mass is 297 g/mol.